The molecule has 6 nitrogen and oxygen atoms in total. The van der Waals surface area contributed by atoms with Crippen LogP contribution < -0.4 is 15.3 Å². The molecule has 0 bridgehead atoms. The number of nitrogens with zero attached hydrogens (tertiary/aromatic N) is 2. The zero-order valence-corrected chi connectivity index (χ0v) is 17.6. The van der Waals surface area contributed by atoms with E-state index in [1.807, 2.05) is 0 Å². The van der Waals surface area contributed by atoms with Crippen molar-refractivity contribution in [2.24, 2.45) is 0 Å². The van der Waals surface area contributed by atoms with Gasteiger partial charge in [-0.05, 0) is 35.9 Å². The summed E-state index contributed by atoms with van der Waals surface area (Å²) in [5.74, 6) is -0.791. The molecular formula is C19H19F6N3O3S. The fraction of sp³-hybridized carbons (Fsp3) is 0.368. The lowest BCUT2D eigenvalue weighted by molar-refractivity contribution is -0.274. The van der Waals surface area contributed by atoms with E-state index in [-0.39, 0.29) is 12.2 Å². The largest absolute Gasteiger partial charge is 0.573 e. The Kier molecular flexibility index (Phi) is 6.37. The number of hydrazine groups is 2. The van der Waals surface area contributed by atoms with Crippen molar-refractivity contribution in [2.75, 3.05) is 24.4 Å². The molecule has 1 aliphatic rings. The third kappa shape index (κ3) is 5.27. The number of hydrogen-bond acceptors (Lipinski definition) is 6. The summed E-state index contributed by atoms with van der Waals surface area (Å²) in [5, 5.41) is 2.95. The van der Waals surface area contributed by atoms with E-state index in [9.17, 15) is 34.8 Å². The van der Waals surface area contributed by atoms with E-state index in [1.54, 1.807) is 12.1 Å². The van der Waals surface area contributed by atoms with Crippen molar-refractivity contribution in [3.63, 3.8) is 0 Å². The summed E-state index contributed by atoms with van der Waals surface area (Å²) in [6, 6.07) is 7.17. The van der Waals surface area contributed by atoms with Gasteiger partial charge in [-0.15, -0.1) is 13.2 Å². The molecule has 32 heavy (non-hydrogen) atoms. The number of sulfone groups is 1. The minimum atomic E-state index is -4.83. The molecule has 1 unspecified atom stereocenters. The van der Waals surface area contributed by atoms with Crippen molar-refractivity contribution < 1.29 is 39.5 Å². The number of halogens is 6. The van der Waals surface area contributed by atoms with Gasteiger partial charge in [0.1, 0.15) is 5.75 Å². The summed E-state index contributed by atoms with van der Waals surface area (Å²) in [4.78, 5) is -0.467. The van der Waals surface area contributed by atoms with Gasteiger partial charge < -0.3 is 4.74 Å². The van der Waals surface area contributed by atoms with Crippen LogP contribution in [0.25, 0.3) is 0 Å². The van der Waals surface area contributed by atoms with Crippen LogP contribution in [0.1, 0.15) is 24.1 Å². The van der Waals surface area contributed by atoms with Gasteiger partial charge in [0.05, 0.1) is 34.5 Å². The maximum absolute atomic E-state index is 13.1. The van der Waals surface area contributed by atoms with Gasteiger partial charge in [-0.25, -0.2) is 13.4 Å². The van der Waals surface area contributed by atoms with Crippen molar-refractivity contribution in [1.82, 2.24) is 10.5 Å². The number of rotatable bonds is 5. The molecule has 3 rings (SSSR count). The topological polar surface area (TPSA) is 61.9 Å². The lowest BCUT2D eigenvalue weighted by atomic mass is 10.1. The molecule has 1 saturated heterocycles. The molecule has 1 fully saturated rings. The number of benzene rings is 2. The number of alkyl halides is 6. The fourth-order valence-electron chi connectivity index (χ4n) is 3.29. The summed E-state index contributed by atoms with van der Waals surface area (Å²) in [6.45, 7) is 1.45. The number of anilines is 1. The molecule has 2 aromatic carbocycles. The Morgan fingerprint density at radius 1 is 1.06 bits per heavy atom. The maximum atomic E-state index is 13.1. The minimum Gasteiger partial charge on any atom is -0.406 e. The van der Waals surface area contributed by atoms with E-state index in [1.165, 1.54) is 24.1 Å². The predicted octanol–water partition coefficient (Wildman–Crippen LogP) is 4.31. The van der Waals surface area contributed by atoms with E-state index in [0.717, 1.165) is 24.3 Å². The minimum absolute atomic E-state index is 0.0335. The van der Waals surface area contributed by atoms with Gasteiger partial charge >= 0.3 is 12.5 Å². The lowest BCUT2D eigenvalue weighted by Gasteiger charge is -2.22. The van der Waals surface area contributed by atoms with Crippen LogP contribution in [0.5, 0.6) is 5.75 Å². The highest BCUT2D eigenvalue weighted by Gasteiger charge is 2.36. The summed E-state index contributed by atoms with van der Waals surface area (Å²) in [6.07, 6.45) is -9.54. The molecule has 0 saturated carbocycles. The molecule has 0 aromatic heterocycles. The van der Waals surface area contributed by atoms with E-state index >= 15 is 0 Å². The lowest BCUT2D eigenvalue weighted by Crippen LogP contribution is -2.38. The highest BCUT2D eigenvalue weighted by molar-refractivity contribution is 7.91. The summed E-state index contributed by atoms with van der Waals surface area (Å²) in [7, 11) is -2.38. The zero-order chi connectivity index (χ0) is 23.9. The monoisotopic (exact) mass is 483 g/mol. The van der Waals surface area contributed by atoms with Crippen molar-refractivity contribution in [3.05, 3.63) is 53.6 Å². The molecule has 0 spiro atoms. The molecule has 0 aliphatic carbocycles. The molecule has 1 N–H and O–H groups in total. The molecule has 13 heteroatoms. The van der Waals surface area contributed by atoms with E-state index in [0.29, 0.717) is 11.6 Å². The SMILES string of the molecule is CCS(=O)(=O)c1cc(C(F)(F)F)ccc1N1CC(c2ccc(OC(F)(F)F)cc2)N(C)N1. The third-order valence-electron chi connectivity index (χ3n) is 4.89. The first-order valence-electron chi connectivity index (χ1n) is 9.27. The molecule has 1 heterocycles. The van der Waals surface area contributed by atoms with Gasteiger partial charge in [0.15, 0.2) is 9.84 Å². The van der Waals surface area contributed by atoms with Crippen LogP contribution in [0.4, 0.5) is 32.0 Å². The van der Waals surface area contributed by atoms with Gasteiger partial charge in [0.25, 0.3) is 0 Å². The van der Waals surface area contributed by atoms with Gasteiger partial charge in [0.2, 0.25) is 0 Å². The van der Waals surface area contributed by atoms with Crippen LogP contribution >= 0.6 is 0 Å². The second-order valence-corrected chi connectivity index (χ2v) is 9.28. The molecule has 2 aromatic rings. The Balaban J connectivity index is 1.91. The smallest absolute Gasteiger partial charge is 0.406 e. The summed E-state index contributed by atoms with van der Waals surface area (Å²) < 4.78 is 105. The van der Waals surface area contributed by atoms with Crippen LogP contribution in [0, 0.1) is 0 Å². The molecule has 1 aliphatic heterocycles. The highest BCUT2D eigenvalue weighted by Crippen LogP contribution is 2.37. The Bertz CT molecular complexity index is 1070. The van der Waals surface area contributed by atoms with Crippen molar-refractivity contribution >= 4 is 15.5 Å². The van der Waals surface area contributed by atoms with Crippen LogP contribution in [0.3, 0.4) is 0 Å². The Morgan fingerprint density at radius 2 is 1.69 bits per heavy atom. The summed E-state index contributed by atoms with van der Waals surface area (Å²) in [5.41, 5.74) is 2.41. The van der Waals surface area contributed by atoms with E-state index < -0.39 is 50.4 Å². The average molecular weight is 483 g/mol. The Hall–Kier alpha value is -2.51. The number of nitrogens with one attached hydrogen (secondary N) is 1. The van der Waals surface area contributed by atoms with Crippen molar-refractivity contribution in [2.45, 2.75) is 30.4 Å². The first-order valence-corrected chi connectivity index (χ1v) is 10.9. The van der Waals surface area contributed by atoms with E-state index in [4.69, 9.17) is 0 Å². The quantitative estimate of drug-likeness (QED) is 0.640. The van der Waals surface area contributed by atoms with Crippen LogP contribution in [0.15, 0.2) is 47.4 Å². The molecule has 1 atom stereocenters. The molecular weight excluding hydrogens is 464 g/mol. The van der Waals surface area contributed by atoms with Crippen molar-refractivity contribution in [1.29, 1.82) is 0 Å². The van der Waals surface area contributed by atoms with Gasteiger partial charge in [-0.2, -0.15) is 18.7 Å². The second-order valence-electron chi connectivity index (χ2n) is 7.04. The van der Waals surface area contributed by atoms with Crippen LogP contribution in [-0.4, -0.2) is 39.1 Å². The number of hydrogen-bond donors (Lipinski definition) is 1. The van der Waals surface area contributed by atoms with Crippen molar-refractivity contribution in [3.8, 4) is 5.75 Å². The van der Waals surface area contributed by atoms with E-state index in [2.05, 4.69) is 10.3 Å². The predicted molar refractivity (Wildman–Crippen MR) is 103 cm³/mol. The third-order valence-corrected chi connectivity index (χ3v) is 6.65. The van der Waals surface area contributed by atoms with Crippen LogP contribution in [-0.2, 0) is 16.0 Å². The fourth-order valence-corrected chi connectivity index (χ4v) is 4.40. The van der Waals surface area contributed by atoms with Crippen LogP contribution in [0.2, 0.25) is 0 Å². The second kappa shape index (κ2) is 8.45. The standard InChI is InChI=1S/C19H19F6N3O3S/c1-3-32(29,30)17-10-13(18(20,21)22)6-9-15(17)28-11-16(27(2)26-28)12-4-7-14(8-5-12)31-19(23,24)25/h4-10,16,26H,3,11H2,1-2H3. The first-order chi connectivity index (χ1) is 14.7. The zero-order valence-electron chi connectivity index (χ0n) is 16.8. The normalized spacial score (nSPS) is 18.2. The van der Waals surface area contributed by atoms with Gasteiger partial charge in [-0.3, -0.25) is 5.01 Å². The molecule has 176 valence electrons. The first kappa shape index (κ1) is 24.1. The molecule has 0 radical (unpaired) electrons. The maximum Gasteiger partial charge on any atom is 0.573 e. The van der Waals surface area contributed by atoms with Gasteiger partial charge in [0, 0.05) is 7.05 Å². The Labute approximate surface area is 180 Å². The summed E-state index contributed by atoms with van der Waals surface area (Å²) >= 11 is 0. The Morgan fingerprint density at radius 3 is 2.22 bits per heavy atom. The number of likely N-dealkylation sites (N-methyl/N-ethyl adjacent to an activating group) is 1. The highest BCUT2D eigenvalue weighted by atomic mass is 32.2. The number of ether oxygens (including phenoxy) is 1. The molecule has 0 amide bonds. The average Bonchev–Trinajstić information content (AvgIpc) is 3.07. The van der Waals surface area contributed by atoms with Gasteiger partial charge in [-0.1, -0.05) is 19.1 Å².